The average molecular weight is 239 g/mol. The summed E-state index contributed by atoms with van der Waals surface area (Å²) in [6, 6.07) is 2.54. The van der Waals surface area contributed by atoms with Gasteiger partial charge in [0, 0.05) is 18.8 Å². The summed E-state index contributed by atoms with van der Waals surface area (Å²) in [4.78, 5) is 0. The van der Waals surface area contributed by atoms with Crippen molar-refractivity contribution in [1.29, 1.82) is 0 Å². The topological polar surface area (TPSA) is 39.1 Å². The Balaban J connectivity index is 3.05. The number of aromatic nitrogens is 2. The molecular weight excluding hydrogens is 214 g/mol. The Kier molecular flexibility index (Phi) is 4.71. The molecule has 0 amide bonds. The maximum atomic E-state index is 5.84. The number of hydrogen-bond acceptors (Lipinski definition) is 3. The number of ether oxygens (including phenoxy) is 1. The van der Waals surface area contributed by atoms with E-state index in [2.05, 4.69) is 44.2 Å². The summed E-state index contributed by atoms with van der Waals surface area (Å²) in [6.07, 6.45) is 1.85. The maximum absolute atomic E-state index is 5.84. The van der Waals surface area contributed by atoms with Gasteiger partial charge in [0.15, 0.2) is 0 Å². The molecule has 0 fully saturated rings. The van der Waals surface area contributed by atoms with Crippen LogP contribution in [-0.4, -0.2) is 29.0 Å². The normalized spacial score (nSPS) is 14.3. The minimum Gasteiger partial charge on any atom is -0.374 e. The molecule has 1 unspecified atom stereocenters. The van der Waals surface area contributed by atoms with Gasteiger partial charge in [0.1, 0.15) is 0 Å². The van der Waals surface area contributed by atoms with Gasteiger partial charge in [-0.2, -0.15) is 5.10 Å². The number of likely N-dealkylation sites (N-methyl/N-ethyl adjacent to an activating group) is 1. The Bertz CT molecular complexity index is 344. The third-order valence-corrected chi connectivity index (χ3v) is 2.99. The lowest BCUT2D eigenvalue weighted by molar-refractivity contribution is -0.0396. The van der Waals surface area contributed by atoms with Crippen LogP contribution in [0.15, 0.2) is 12.3 Å². The minimum absolute atomic E-state index is 0.132. The summed E-state index contributed by atoms with van der Waals surface area (Å²) in [5, 5.41) is 7.72. The fourth-order valence-corrected chi connectivity index (χ4v) is 2.29. The molecule has 1 rings (SSSR count). The second-order valence-electron chi connectivity index (χ2n) is 5.05. The summed E-state index contributed by atoms with van der Waals surface area (Å²) in [7, 11) is 1.96. The van der Waals surface area contributed by atoms with E-state index in [0.717, 1.165) is 0 Å². The highest BCUT2D eigenvalue weighted by atomic mass is 16.5. The van der Waals surface area contributed by atoms with Crippen molar-refractivity contribution in [3.05, 3.63) is 18.0 Å². The minimum atomic E-state index is -0.254. The van der Waals surface area contributed by atoms with E-state index < -0.39 is 0 Å². The van der Waals surface area contributed by atoms with Crippen LogP contribution in [0.2, 0.25) is 0 Å². The van der Waals surface area contributed by atoms with Crippen molar-refractivity contribution in [2.45, 2.75) is 52.3 Å². The predicted molar refractivity (Wildman–Crippen MR) is 70.1 cm³/mol. The van der Waals surface area contributed by atoms with Gasteiger partial charge in [-0.3, -0.25) is 4.68 Å². The van der Waals surface area contributed by atoms with E-state index in [1.54, 1.807) is 0 Å². The van der Waals surface area contributed by atoms with Gasteiger partial charge in [0.05, 0.1) is 17.3 Å². The lowest BCUT2D eigenvalue weighted by Gasteiger charge is -2.34. The molecule has 4 nitrogen and oxygen atoms in total. The summed E-state index contributed by atoms with van der Waals surface area (Å²) < 4.78 is 7.88. The SMILES string of the molecule is CCOC(C)(C)C(NC)c1ccnn1C(C)C. The Morgan fingerprint density at radius 2 is 2.12 bits per heavy atom. The van der Waals surface area contributed by atoms with Gasteiger partial charge in [-0.25, -0.2) is 0 Å². The van der Waals surface area contributed by atoms with Crippen molar-refractivity contribution < 1.29 is 4.74 Å². The summed E-state index contributed by atoms with van der Waals surface area (Å²) in [5.74, 6) is 0. The van der Waals surface area contributed by atoms with Crippen LogP contribution >= 0.6 is 0 Å². The van der Waals surface area contributed by atoms with Crippen molar-refractivity contribution in [3.8, 4) is 0 Å². The summed E-state index contributed by atoms with van der Waals surface area (Å²) >= 11 is 0. The van der Waals surface area contributed by atoms with Crippen molar-refractivity contribution in [1.82, 2.24) is 15.1 Å². The molecule has 0 spiro atoms. The van der Waals surface area contributed by atoms with Gasteiger partial charge in [0.2, 0.25) is 0 Å². The molecule has 1 aromatic rings. The molecule has 4 heteroatoms. The van der Waals surface area contributed by atoms with E-state index in [1.165, 1.54) is 5.69 Å². The van der Waals surface area contributed by atoms with Gasteiger partial charge in [-0.05, 0) is 47.7 Å². The van der Waals surface area contributed by atoms with Gasteiger partial charge in [0.25, 0.3) is 0 Å². The van der Waals surface area contributed by atoms with E-state index in [0.29, 0.717) is 12.6 Å². The summed E-state index contributed by atoms with van der Waals surface area (Å²) in [6.45, 7) is 11.2. The Labute approximate surface area is 104 Å². The van der Waals surface area contributed by atoms with Crippen LogP contribution in [0.4, 0.5) is 0 Å². The molecule has 0 radical (unpaired) electrons. The van der Waals surface area contributed by atoms with Crippen LogP contribution in [0.1, 0.15) is 52.4 Å². The maximum Gasteiger partial charge on any atom is 0.0835 e. The Morgan fingerprint density at radius 3 is 2.59 bits per heavy atom. The molecule has 1 N–H and O–H groups in total. The first-order valence-electron chi connectivity index (χ1n) is 6.28. The standard InChI is InChI=1S/C13H25N3O/c1-7-17-13(4,5)12(14-6)11-8-9-15-16(11)10(2)3/h8-10,12,14H,7H2,1-6H3. The molecule has 1 heterocycles. The fraction of sp³-hybridized carbons (Fsp3) is 0.769. The highest BCUT2D eigenvalue weighted by Crippen LogP contribution is 2.29. The molecule has 0 saturated carbocycles. The molecule has 1 atom stereocenters. The molecule has 1 aromatic heterocycles. The zero-order valence-electron chi connectivity index (χ0n) is 11.8. The Hall–Kier alpha value is -0.870. The van der Waals surface area contributed by atoms with Crippen LogP contribution in [-0.2, 0) is 4.74 Å². The zero-order valence-corrected chi connectivity index (χ0v) is 11.8. The van der Waals surface area contributed by atoms with E-state index in [-0.39, 0.29) is 11.6 Å². The van der Waals surface area contributed by atoms with Gasteiger partial charge in [-0.15, -0.1) is 0 Å². The van der Waals surface area contributed by atoms with E-state index in [9.17, 15) is 0 Å². The summed E-state index contributed by atoms with van der Waals surface area (Å²) in [5.41, 5.74) is 0.914. The third-order valence-electron chi connectivity index (χ3n) is 2.99. The van der Waals surface area contributed by atoms with Crippen molar-refractivity contribution >= 4 is 0 Å². The molecular formula is C13H25N3O. The lowest BCUT2D eigenvalue weighted by Crippen LogP contribution is -2.41. The zero-order chi connectivity index (χ0) is 13.1. The third kappa shape index (κ3) is 3.07. The molecule has 0 aliphatic heterocycles. The molecule has 0 aromatic carbocycles. The quantitative estimate of drug-likeness (QED) is 0.829. The van der Waals surface area contributed by atoms with Crippen molar-refractivity contribution in [2.75, 3.05) is 13.7 Å². The first-order chi connectivity index (χ1) is 7.94. The van der Waals surface area contributed by atoms with Gasteiger partial charge < -0.3 is 10.1 Å². The van der Waals surface area contributed by atoms with E-state index in [4.69, 9.17) is 4.74 Å². The first-order valence-corrected chi connectivity index (χ1v) is 6.28. The molecule has 0 saturated heterocycles. The number of nitrogens with zero attached hydrogens (tertiary/aromatic N) is 2. The smallest absolute Gasteiger partial charge is 0.0835 e. The van der Waals surface area contributed by atoms with Gasteiger partial charge >= 0.3 is 0 Å². The van der Waals surface area contributed by atoms with Crippen LogP contribution in [0.25, 0.3) is 0 Å². The molecule has 17 heavy (non-hydrogen) atoms. The second kappa shape index (κ2) is 5.65. The van der Waals surface area contributed by atoms with E-state index >= 15 is 0 Å². The first kappa shape index (κ1) is 14.2. The van der Waals surface area contributed by atoms with E-state index in [1.807, 2.05) is 24.9 Å². The van der Waals surface area contributed by atoms with Crippen LogP contribution in [0, 0.1) is 0 Å². The Morgan fingerprint density at radius 1 is 1.47 bits per heavy atom. The molecule has 0 bridgehead atoms. The highest BCUT2D eigenvalue weighted by molar-refractivity contribution is 5.12. The van der Waals surface area contributed by atoms with Gasteiger partial charge in [-0.1, -0.05) is 0 Å². The highest BCUT2D eigenvalue weighted by Gasteiger charge is 2.32. The molecule has 0 aliphatic carbocycles. The molecule has 0 aliphatic rings. The van der Waals surface area contributed by atoms with Crippen LogP contribution in [0.3, 0.4) is 0 Å². The van der Waals surface area contributed by atoms with Crippen LogP contribution in [0.5, 0.6) is 0 Å². The monoisotopic (exact) mass is 239 g/mol. The molecule has 98 valence electrons. The lowest BCUT2D eigenvalue weighted by atomic mass is 9.95. The number of hydrogen-bond donors (Lipinski definition) is 1. The second-order valence-corrected chi connectivity index (χ2v) is 5.05. The van der Waals surface area contributed by atoms with Crippen molar-refractivity contribution in [2.24, 2.45) is 0 Å². The predicted octanol–water partition coefficient (Wildman–Crippen LogP) is 2.54. The fourth-order valence-electron chi connectivity index (χ4n) is 2.29. The number of nitrogens with one attached hydrogen (secondary N) is 1. The van der Waals surface area contributed by atoms with Crippen molar-refractivity contribution in [3.63, 3.8) is 0 Å². The largest absolute Gasteiger partial charge is 0.374 e. The van der Waals surface area contributed by atoms with Crippen LogP contribution < -0.4 is 5.32 Å². The average Bonchev–Trinajstić information content (AvgIpc) is 2.66. The number of rotatable bonds is 6.